The number of imidazole rings is 1. The zero-order valence-corrected chi connectivity index (χ0v) is 19.5. The summed E-state index contributed by atoms with van der Waals surface area (Å²) in [4.78, 5) is 17.2. The normalized spacial score (nSPS) is 11.0. The second kappa shape index (κ2) is 11.0. The SMILES string of the molecule is CCc1ccc(OCCn2c(CCNC(=O)Cc3ccccc3Cl)nc3ccccc32)cc1. The van der Waals surface area contributed by atoms with Gasteiger partial charge in [0.2, 0.25) is 5.91 Å². The molecule has 1 N–H and O–H groups in total. The van der Waals surface area contributed by atoms with Gasteiger partial charge in [0.15, 0.2) is 0 Å². The van der Waals surface area contributed by atoms with Crippen LogP contribution in [0.3, 0.4) is 0 Å². The van der Waals surface area contributed by atoms with E-state index in [1.165, 1.54) is 5.56 Å². The summed E-state index contributed by atoms with van der Waals surface area (Å²) >= 11 is 6.17. The Morgan fingerprint density at radius 1 is 1.03 bits per heavy atom. The molecule has 0 aliphatic heterocycles. The van der Waals surface area contributed by atoms with Gasteiger partial charge in [-0.05, 0) is 47.9 Å². The molecule has 4 rings (SSSR count). The molecule has 0 spiro atoms. The zero-order valence-electron chi connectivity index (χ0n) is 18.8. The monoisotopic (exact) mass is 461 g/mol. The molecule has 3 aromatic carbocycles. The first-order chi connectivity index (χ1) is 16.1. The van der Waals surface area contributed by atoms with E-state index >= 15 is 0 Å². The summed E-state index contributed by atoms with van der Waals surface area (Å²) in [5, 5.41) is 3.60. The third-order valence-electron chi connectivity index (χ3n) is 5.63. The molecule has 4 aromatic rings. The molecule has 1 heterocycles. The number of nitrogens with one attached hydrogen (secondary N) is 1. The number of para-hydroxylation sites is 2. The molecule has 0 saturated heterocycles. The van der Waals surface area contributed by atoms with Crippen molar-refractivity contribution in [1.82, 2.24) is 14.9 Å². The van der Waals surface area contributed by atoms with Crippen LogP contribution in [-0.4, -0.2) is 28.6 Å². The second-order valence-electron chi connectivity index (χ2n) is 7.88. The van der Waals surface area contributed by atoms with E-state index in [1.54, 1.807) is 6.07 Å². The largest absolute Gasteiger partial charge is 0.492 e. The molecule has 33 heavy (non-hydrogen) atoms. The fourth-order valence-corrected chi connectivity index (χ4v) is 4.04. The summed E-state index contributed by atoms with van der Waals surface area (Å²) in [5.41, 5.74) is 4.14. The van der Waals surface area contributed by atoms with Crippen LogP contribution >= 0.6 is 11.6 Å². The quantitative estimate of drug-likeness (QED) is 0.351. The minimum absolute atomic E-state index is 0.0513. The van der Waals surface area contributed by atoms with Crippen LogP contribution in [0.15, 0.2) is 72.8 Å². The lowest BCUT2D eigenvalue weighted by atomic mass is 10.1. The highest BCUT2D eigenvalue weighted by molar-refractivity contribution is 6.31. The fourth-order valence-electron chi connectivity index (χ4n) is 3.83. The van der Waals surface area contributed by atoms with Gasteiger partial charge in [0.05, 0.1) is 24.0 Å². The Bertz CT molecular complexity index is 1220. The van der Waals surface area contributed by atoms with Crippen molar-refractivity contribution in [2.24, 2.45) is 0 Å². The third-order valence-corrected chi connectivity index (χ3v) is 6.00. The second-order valence-corrected chi connectivity index (χ2v) is 8.29. The number of ether oxygens (including phenoxy) is 1. The van der Waals surface area contributed by atoms with Crippen LogP contribution in [0, 0.1) is 0 Å². The van der Waals surface area contributed by atoms with Crippen molar-refractivity contribution in [3.05, 3.63) is 94.8 Å². The molecule has 1 amide bonds. The maximum absolute atomic E-state index is 12.4. The summed E-state index contributed by atoms with van der Waals surface area (Å²) in [6.45, 7) is 3.86. The molecule has 0 aliphatic carbocycles. The van der Waals surface area contributed by atoms with Gasteiger partial charge < -0.3 is 14.6 Å². The number of benzene rings is 3. The Morgan fingerprint density at radius 2 is 1.79 bits per heavy atom. The van der Waals surface area contributed by atoms with Gasteiger partial charge in [-0.15, -0.1) is 0 Å². The molecule has 0 radical (unpaired) electrons. The molecule has 0 fully saturated rings. The molecule has 0 atom stereocenters. The molecule has 0 saturated carbocycles. The number of aromatic nitrogens is 2. The molecule has 1 aromatic heterocycles. The van der Waals surface area contributed by atoms with Crippen molar-refractivity contribution in [3.8, 4) is 5.75 Å². The first-order valence-electron chi connectivity index (χ1n) is 11.3. The Morgan fingerprint density at radius 3 is 2.58 bits per heavy atom. The van der Waals surface area contributed by atoms with E-state index in [1.807, 2.05) is 48.5 Å². The number of nitrogens with zero attached hydrogens (tertiary/aromatic N) is 2. The number of hydrogen-bond acceptors (Lipinski definition) is 3. The summed E-state index contributed by atoms with van der Waals surface area (Å²) in [5.74, 6) is 1.74. The van der Waals surface area contributed by atoms with Gasteiger partial charge in [-0.1, -0.05) is 61.0 Å². The van der Waals surface area contributed by atoms with Crippen LogP contribution in [0.25, 0.3) is 11.0 Å². The van der Waals surface area contributed by atoms with E-state index in [9.17, 15) is 4.79 Å². The number of rotatable bonds is 10. The first kappa shape index (κ1) is 22.9. The van der Waals surface area contributed by atoms with Gasteiger partial charge in [-0.3, -0.25) is 4.79 Å². The summed E-state index contributed by atoms with van der Waals surface area (Å²) in [7, 11) is 0. The zero-order chi connectivity index (χ0) is 23.0. The highest BCUT2D eigenvalue weighted by Gasteiger charge is 2.12. The number of fused-ring (bicyclic) bond motifs is 1. The molecule has 0 bridgehead atoms. The highest BCUT2D eigenvalue weighted by Crippen LogP contribution is 2.18. The van der Waals surface area contributed by atoms with Gasteiger partial charge in [0.1, 0.15) is 18.2 Å². The van der Waals surface area contributed by atoms with Crippen LogP contribution in [0.2, 0.25) is 5.02 Å². The Balaban J connectivity index is 1.37. The summed E-state index contributed by atoms with van der Waals surface area (Å²) < 4.78 is 8.15. The molecular formula is C27H28ClN3O2. The number of amides is 1. The van der Waals surface area contributed by atoms with Crippen molar-refractivity contribution < 1.29 is 9.53 Å². The van der Waals surface area contributed by atoms with E-state index in [0.29, 0.717) is 31.1 Å². The Labute approximate surface area is 199 Å². The molecule has 0 aliphatic rings. The van der Waals surface area contributed by atoms with Crippen LogP contribution < -0.4 is 10.1 Å². The Hall–Kier alpha value is -3.31. The molecule has 5 nitrogen and oxygen atoms in total. The van der Waals surface area contributed by atoms with E-state index in [4.69, 9.17) is 21.3 Å². The van der Waals surface area contributed by atoms with E-state index in [-0.39, 0.29) is 12.3 Å². The Kier molecular flexibility index (Phi) is 7.63. The third kappa shape index (κ3) is 5.93. The van der Waals surface area contributed by atoms with Crippen LogP contribution in [0.1, 0.15) is 23.9 Å². The summed E-state index contributed by atoms with van der Waals surface area (Å²) in [6, 6.07) is 23.7. The minimum Gasteiger partial charge on any atom is -0.492 e. The van der Waals surface area contributed by atoms with Crippen LogP contribution in [-0.2, 0) is 30.6 Å². The van der Waals surface area contributed by atoms with E-state index in [0.717, 1.165) is 34.6 Å². The summed E-state index contributed by atoms with van der Waals surface area (Å²) in [6.07, 6.45) is 1.91. The maximum atomic E-state index is 12.4. The predicted octanol–water partition coefficient (Wildman–Crippen LogP) is 5.23. The van der Waals surface area contributed by atoms with Crippen molar-refractivity contribution >= 4 is 28.5 Å². The first-order valence-corrected chi connectivity index (χ1v) is 11.7. The van der Waals surface area contributed by atoms with Crippen molar-refractivity contribution in [2.75, 3.05) is 13.2 Å². The molecule has 6 heteroatoms. The number of carbonyl (C=O) groups is 1. The number of carbonyl (C=O) groups excluding carboxylic acids is 1. The van der Waals surface area contributed by atoms with Crippen molar-refractivity contribution in [2.45, 2.75) is 32.7 Å². The number of halogens is 1. The minimum atomic E-state index is -0.0513. The maximum Gasteiger partial charge on any atom is 0.224 e. The molecule has 0 unspecified atom stereocenters. The van der Waals surface area contributed by atoms with Gasteiger partial charge in [0.25, 0.3) is 0 Å². The van der Waals surface area contributed by atoms with Crippen molar-refractivity contribution in [1.29, 1.82) is 0 Å². The topological polar surface area (TPSA) is 56.1 Å². The predicted molar refractivity (Wildman–Crippen MR) is 133 cm³/mol. The van der Waals surface area contributed by atoms with Gasteiger partial charge in [-0.25, -0.2) is 4.98 Å². The number of aryl methyl sites for hydroxylation is 1. The van der Waals surface area contributed by atoms with Gasteiger partial charge in [0, 0.05) is 18.0 Å². The lowest BCUT2D eigenvalue weighted by Crippen LogP contribution is -2.28. The van der Waals surface area contributed by atoms with E-state index < -0.39 is 0 Å². The standard InChI is InChI=1S/C27H28ClN3O2/c1-2-20-11-13-22(14-12-20)33-18-17-31-25-10-6-5-9-24(25)30-26(31)15-16-29-27(32)19-21-7-3-4-8-23(21)28/h3-14H,2,15-19H2,1H3,(H,29,32). The smallest absolute Gasteiger partial charge is 0.224 e. The molecular weight excluding hydrogens is 434 g/mol. The lowest BCUT2D eigenvalue weighted by molar-refractivity contribution is -0.120. The highest BCUT2D eigenvalue weighted by atomic mass is 35.5. The van der Waals surface area contributed by atoms with Crippen molar-refractivity contribution in [3.63, 3.8) is 0 Å². The molecule has 170 valence electrons. The fraction of sp³-hybridized carbons (Fsp3) is 0.259. The lowest BCUT2D eigenvalue weighted by Gasteiger charge is -2.12. The van der Waals surface area contributed by atoms with Gasteiger partial charge in [-0.2, -0.15) is 0 Å². The number of hydrogen-bond donors (Lipinski definition) is 1. The van der Waals surface area contributed by atoms with E-state index in [2.05, 4.69) is 35.0 Å². The van der Waals surface area contributed by atoms with Crippen LogP contribution in [0.5, 0.6) is 5.75 Å². The average Bonchev–Trinajstić information content (AvgIpc) is 3.18. The van der Waals surface area contributed by atoms with Crippen LogP contribution in [0.4, 0.5) is 0 Å². The average molecular weight is 462 g/mol. The van der Waals surface area contributed by atoms with Gasteiger partial charge >= 0.3 is 0 Å².